The van der Waals surface area contributed by atoms with Crippen LogP contribution in [0.2, 0.25) is 0 Å². The highest BCUT2D eigenvalue weighted by atomic mass is 19.3. The maximum absolute atomic E-state index is 12.1. The van der Waals surface area contributed by atoms with Crippen LogP contribution in [0.4, 0.5) is 14.6 Å². The monoisotopic (exact) mass is 175 g/mol. The minimum atomic E-state index is -2.66. The summed E-state index contributed by atoms with van der Waals surface area (Å²) >= 11 is 0. The van der Waals surface area contributed by atoms with Crippen molar-refractivity contribution in [3.05, 3.63) is 11.8 Å². The van der Waals surface area contributed by atoms with Crippen LogP contribution in [0.3, 0.4) is 0 Å². The Morgan fingerprint density at radius 3 is 2.67 bits per heavy atom. The highest BCUT2D eigenvalue weighted by Gasteiger charge is 2.13. The van der Waals surface area contributed by atoms with E-state index < -0.39 is 6.43 Å². The number of nitrogen functional groups attached to an aromatic ring is 1. The van der Waals surface area contributed by atoms with E-state index in [2.05, 4.69) is 14.7 Å². The number of hydrogen-bond acceptors (Lipinski definition) is 4. The molecule has 0 radical (unpaired) electrons. The second-order valence-electron chi connectivity index (χ2n) is 2.00. The molecule has 0 saturated carbocycles. The van der Waals surface area contributed by atoms with Crippen LogP contribution >= 0.6 is 0 Å². The zero-order chi connectivity index (χ0) is 9.14. The quantitative estimate of drug-likeness (QED) is 0.728. The summed E-state index contributed by atoms with van der Waals surface area (Å²) in [6.45, 7) is 0. The molecule has 0 aliphatic heterocycles. The summed E-state index contributed by atoms with van der Waals surface area (Å²) in [5, 5.41) is 0. The van der Waals surface area contributed by atoms with Gasteiger partial charge in [-0.05, 0) is 0 Å². The number of nitrogens with two attached hydrogens (primary N) is 1. The average molecular weight is 175 g/mol. The largest absolute Gasteiger partial charge is 0.467 e. The first-order valence-electron chi connectivity index (χ1n) is 3.09. The molecule has 0 bridgehead atoms. The van der Waals surface area contributed by atoms with Gasteiger partial charge in [-0.25, -0.2) is 13.8 Å². The van der Waals surface area contributed by atoms with E-state index in [-0.39, 0.29) is 17.4 Å². The van der Waals surface area contributed by atoms with Crippen molar-refractivity contribution in [2.24, 2.45) is 0 Å². The molecule has 1 aromatic rings. The van der Waals surface area contributed by atoms with Crippen molar-refractivity contribution in [2.45, 2.75) is 6.43 Å². The Morgan fingerprint density at radius 2 is 2.25 bits per heavy atom. The van der Waals surface area contributed by atoms with Crippen LogP contribution in [-0.2, 0) is 0 Å². The van der Waals surface area contributed by atoms with Crippen molar-refractivity contribution in [3.63, 3.8) is 0 Å². The van der Waals surface area contributed by atoms with E-state index in [1.807, 2.05) is 0 Å². The zero-order valence-corrected chi connectivity index (χ0v) is 6.29. The summed E-state index contributed by atoms with van der Waals surface area (Å²) in [5.74, 6) is -0.253. The summed E-state index contributed by atoms with van der Waals surface area (Å²) in [6.07, 6.45) is -1.71. The van der Waals surface area contributed by atoms with E-state index in [1.165, 1.54) is 7.11 Å². The van der Waals surface area contributed by atoms with Crippen molar-refractivity contribution < 1.29 is 13.5 Å². The minimum Gasteiger partial charge on any atom is -0.467 e. The Morgan fingerprint density at radius 1 is 1.58 bits per heavy atom. The highest BCUT2D eigenvalue weighted by molar-refractivity contribution is 5.39. The van der Waals surface area contributed by atoms with Crippen molar-refractivity contribution in [1.82, 2.24) is 9.97 Å². The molecule has 0 unspecified atom stereocenters. The van der Waals surface area contributed by atoms with Crippen LogP contribution in [0.15, 0.2) is 6.20 Å². The van der Waals surface area contributed by atoms with Crippen molar-refractivity contribution in [1.29, 1.82) is 0 Å². The van der Waals surface area contributed by atoms with Gasteiger partial charge in [-0.15, -0.1) is 0 Å². The zero-order valence-electron chi connectivity index (χ0n) is 6.29. The van der Waals surface area contributed by atoms with Gasteiger partial charge >= 0.3 is 6.01 Å². The van der Waals surface area contributed by atoms with Gasteiger partial charge in [0.25, 0.3) is 6.43 Å². The molecule has 2 N–H and O–H groups in total. The van der Waals surface area contributed by atoms with E-state index in [0.717, 1.165) is 6.20 Å². The molecule has 12 heavy (non-hydrogen) atoms. The number of rotatable bonds is 2. The topological polar surface area (TPSA) is 61.0 Å². The number of aromatic nitrogens is 2. The molecular weight excluding hydrogens is 168 g/mol. The van der Waals surface area contributed by atoms with Crippen LogP contribution in [0.25, 0.3) is 0 Å². The van der Waals surface area contributed by atoms with Gasteiger partial charge < -0.3 is 10.5 Å². The lowest BCUT2D eigenvalue weighted by molar-refractivity contribution is 0.151. The summed E-state index contributed by atoms with van der Waals surface area (Å²) in [5.41, 5.74) is 4.81. The van der Waals surface area contributed by atoms with Crippen molar-refractivity contribution in [3.8, 4) is 6.01 Å². The highest BCUT2D eigenvalue weighted by Crippen LogP contribution is 2.23. The SMILES string of the molecule is COc1ncc(C(F)F)c(N)n1. The van der Waals surface area contributed by atoms with Gasteiger partial charge in [0.05, 0.1) is 12.7 Å². The number of nitrogens with zero attached hydrogens (tertiary/aromatic N) is 2. The first-order chi connectivity index (χ1) is 5.65. The number of ether oxygens (including phenoxy) is 1. The number of halogens is 2. The van der Waals surface area contributed by atoms with Crippen molar-refractivity contribution >= 4 is 5.82 Å². The van der Waals surface area contributed by atoms with Crippen LogP contribution < -0.4 is 10.5 Å². The van der Waals surface area contributed by atoms with Crippen LogP contribution in [0.5, 0.6) is 6.01 Å². The number of methoxy groups -OCH3 is 1. The number of anilines is 1. The number of alkyl halides is 2. The minimum absolute atomic E-state index is 0.0168. The standard InChI is InChI=1S/C6H7F2N3O/c1-12-6-10-2-3(4(7)8)5(9)11-6/h2,4H,1H3,(H2,9,10,11). The van der Waals surface area contributed by atoms with E-state index in [9.17, 15) is 8.78 Å². The average Bonchev–Trinajstić information content (AvgIpc) is 2.03. The Bertz CT molecular complexity index is 279. The first kappa shape index (κ1) is 8.63. The fourth-order valence-electron chi connectivity index (χ4n) is 0.654. The molecule has 0 amide bonds. The predicted molar refractivity (Wildman–Crippen MR) is 38.0 cm³/mol. The summed E-state index contributed by atoms with van der Waals surface area (Å²) in [7, 11) is 1.33. The van der Waals surface area contributed by atoms with Gasteiger partial charge in [-0.2, -0.15) is 4.98 Å². The van der Waals surface area contributed by atoms with E-state index in [1.54, 1.807) is 0 Å². The lowest BCUT2D eigenvalue weighted by Crippen LogP contribution is -2.01. The molecule has 0 spiro atoms. The Labute approximate surface area is 67.4 Å². The van der Waals surface area contributed by atoms with Crippen LogP contribution in [0, 0.1) is 0 Å². The second kappa shape index (κ2) is 3.29. The smallest absolute Gasteiger partial charge is 0.318 e. The molecule has 1 rings (SSSR count). The Hall–Kier alpha value is -1.46. The molecule has 1 heterocycles. The maximum Gasteiger partial charge on any atom is 0.318 e. The Kier molecular flexibility index (Phi) is 2.37. The lowest BCUT2D eigenvalue weighted by Gasteiger charge is -2.03. The molecule has 1 aromatic heterocycles. The summed E-state index contributed by atoms with van der Waals surface area (Å²) in [6, 6.07) is -0.0168. The third-order valence-corrected chi connectivity index (χ3v) is 1.24. The van der Waals surface area contributed by atoms with E-state index in [4.69, 9.17) is 5.73 Å². The molecule has 0 atom stereocenters. The third-order valence-electron chi connectivity index (χ3n) is 1.24. The molecule has 0 aliphatic carbocycles. The Balaban J connectivity index is 3.03. The van der Waals surface area contributed by atoms with E-state index in [0.29, 0.717) is 0 Å². The van der Waals surface area contributed by atoms with Gasteiger partial charge in [0.15, 0.2) is 0 Å². The van der Waals surface area contributed by atoms with Crippen molar-refractivity contribution in [2.75, 3.05) is 12.8 Å². The molecule has 4 nitrogen and oxygen atoms in total. The molecule has 0 aromatic carbocycles. The van der Waals surface area contributed by atoms with Gasteiger partial charge in [0.2, 0.25) is 0 Å². The van der Waals surface area contributed by atoms with Crippen LogP contribution in [-0.4, -0.2) is 17.1 Å². The molecule has 6 heteroatoms. The summed E-state index contributed by atoms with van der Waals surface area (Å²) in [4.78, 5) is 6.96. The fraction of sp³-hybridized carbons (Fsp3) is 0.333. The van der Waals surface area contributed by atoms with Gasteiger partial charge in [0, 0.05) is 6.20 Å². The normalized spacial score (nSPS) is 10.3. The molecule has 0 saturated heterocycles. The fourth-order valence-corrected chi connectivity index (χ4v) is 0.654. The molecular formula is C6H7F2N3O. The summed E-state index contributed by atoms with van der Waals surface area (Å²) < 4.78 is 28.7. The molecule has 0 fully saturated rings. The van der Waals surface area contributed by atoms with Crippen LogP contribution in [0.1, 0.15) is 12.0 Å². The predicted octanol–water partition coefficient (Wildman–Crippen LogP) is 1.00. The lowest BCUT2D eigenvalue weighted by atomic mass is 10.3. The molecule has 0 aliphatic rings. The van der Waals surface area contributed by atoms with Gasteiger partial charge in [-0.3, -0.25) is 0 Å². The number of hydrogen-bond donors (Lipinski definition) is 1. The maximum atomic E-state index is 12.1. The second-order valence-corrected chi connectivity index (χ2v) is 2.00. The first-order valence-corrected chi connectivity index (χ1v) is 3.09. The molecule has 66 valence electrons. The van der Waals surface area contributed by atoms with Gasteiger partial charge in [-0.1, -0.05) is 0 Å². The van der Waals surface area contributed by atoms with Gasteiger partial charge in [0.1, 0.15) is 5.82 Å². The van der Waals surface area contributed by atoms with E-state index >= 15 is 0 Å². The third kappa shape index (κ3) is 1.58.